The number of aromatic carboxylic acids is 1. The van der Waals surface area contributed by atoms with E-state index in [1.165, 1.54) is 0 Å². The van der Waals surface area contributed by atoms with Crippen molar-refractivity contribution in [1.29, 1.82) is 0 Å². The SMILES string of the molecule is CC(O)CCNc1ncc(F)cc1C(=O)O. The first kappa shape index (κ1) is 12.4. The van der Waals surface area contributed by atoms with E-state index < -0.39 is 17.9 Å². The molecule has 0 amide bonds. The first-order valence-corrected chi connectivity index (χ1v) is 4.81. The molecule has 0 saturated heterocycles. The average Bonchev–Trinajstić information content (AvgIpc) is 2.19. The van der Waals surface area contributed by atoms with E-state index in [0.29, 0.717) is 13.0 Å². The van der Waals surface area contributed by atoms with Crippen LogP contribution in [0.2, 0.25) is 0 Å². The number of halogens is 1. The summed E-state index contributed by atoms with van der Waals surface area (Å²) in [7, 11) is 0. The number of hydrogen-bond acceptors (Lipinski definition) is 4. The maximum absolute atomic E-state index is 12.8. The molecule has 0 radical (unpaired) electrons. The second-order valence-corrected chi connectivity index (χ2v) is 3.42. The molecule has 0 saturated carbocycles. The summed E-state index contributed by atoms with van der Waals surface area (Å²) < 4.78 is 12.8. The first-order valence-electron chi connectivity index (χ1n) is 4.81. The number of aliphatic hydroxyl groups is 1. The van der Waals surface area contributed by atoms with E-state index in [-0.39, 0.29) is 11.4 Å². The number of aromatic nitrogens is 1. The fourth-order valence-electron chi connectivity index (χ4n) is 1.14. The maximum Gasteiger partial charge on any atom is 0.339 e. The number of aliphatic hydroxyl groups excluding tert-OH is 1. The molecule has 1 heterocycles. The Labute approximate surface area is 91.9 Å². The van der Waals surface area contributed by atoms with Crippen LogP contribution in [0.5, 0.6) is 0 Å². The highest BCUT2D eigenvalue weighted by Crippen LogP contribution is 2.13. The summed E-state index contributed by atoms with van der Waals surface area (Å²) in [6, 6.07) is 0.903. The van der Waals surface area contributed by atoms with Gasteiger partial charge in [-0.25, -0.2) is 14.2 Å². The van der Waals surface area contributed by atoms with E-state index in [1.807, 2.05) is 0 Å². The molecule has 1 rings (SSSR count). The number of nitrogens with one attached hydrogen (secondary N) is 1. The third kappa shape index (κ3) is 3.47. The van der Waals surface area contributed by atoms with E-state index >= 15 is 0 Å². The summed E-state index contributed by atoms with van der Waals surface area (Å²) in [5.74, 6) is -1.83. The quantitative estimate of drug-likeness (QED) is 0.703. The summed E-state index contributed by atoms with van der Waals surface area (Å²) in [6.07, 6.45) is 0.913. The van der Waals surface area contributed by atoms with E-state index in [9.17, 15) is 9.18 Å². The first-order chi connectivity index (χ1) is 7.50. The molecule has 1 unspecified atom stereocenters. The van der Waals surface area contributed by atoms with Gasteiger partial charge in [0.25, 0.3) is 0 Å². The fourth-order valence-corrected chi connectivity index (χ4v) is 1.14. The van der Waals surface area contributed by atoms with Gasteiger partial charge in [-0.2, -0.15) is 0 Å². The van der Waals surface area contributed by atoms with Gasteiger partial charge >= 0.3 is 5.97 Å². The Bertz CT molecular complexity index is 382. The van der Waals surface area contributed by atoms with Gasteiger partial charge in [-0.3, -0.25) is 0 Å². The number of carbonyl (C=O) groups is 1. The molecule has 0 aromatic carbocycles. The minimum atomic E-state index is -1.24. The van der Waals surface area contributed by atoms with Crippen LogP contribution in [0.4, 0.5) is 10.2 Å². The van der Waals surface area contributed by atoms with Crippen molar-refractivity contribution in [3.05, 3.63) is 23.6 Å². The molecule has 0 aliphatic rings. The van der Waals surface area contributed by atoms with E-state index in [0.717, 1.165) is 12.3 Å². The zero-order valence-electron chi connectivity index (χ0n) is 8.77. The molecule has 88 valence electrons. The van der Waals surface area contributed by atoms with Gasteiger partial charge in [-0.15, -0.1) is 0 Å². The zero-order valence-corrected chi connectivity index (χ0v) is 8.77. The molecule has 0 bridgehead atoms. The van der Waals surface area contributed by atoms with Gasteiger partial charge < -0.3 is 15.5 Å². The predicted octanol–water partition coefficient (Wildman–Crippen LogP) is 1.10. The molecule has 1 aromatic heterocycles. The van der Waals surface area contributed by atoms with Crippen LogP contribution in [-0.2, 0) is 0 Å². The number of hydrogen-bond donors (Lipinski definition) is 3. The number of rotatable bonds is 5. The van der Waals surface area contributed by atoms with Gasteiger partial charge in [-0.05, 0) is 19.4 Å². The highest BCUT2D eigenvalue weighted by molar-refractivity contribution is 5.93. The molecule has 0 aliphatic heterocycles. The largest absolute Gasteiger partial charge is 0.478 e. The van der Waals surface area contributed by atoms with Gasteiger partial charge in [0.05, 0.1) is 12.3 Å². The number of carboxylic acids is 1. The molecule has 5 nitrogen and oxygen atoms in total. The van der Waals surface area contributed by atoms with Crippen LogP contribution in [0.1, 0.15) is 23.7 Å². The molecule has 1 atom stereocenters. The molecular weight excluding hydrogens is 215 g/mol. The van der Waals surface area contributed by atoms with Crippen molar-refractivity contribution in [2.45, 2.75) is 19.4 Å². The minimum Gasteiger partial charge on any atom is -0.478 e. The molecule has 0 fully saturated rings. The van der Waals surface area contributed by atoms with E-state index in [1.54, 1.807) is 6.92 Å². The average molecular weight is 228 g/mol. The lowest BCUT2D eigenvalue weighted by Gasteiger charge is -2.09. The third-order valence-corrected chi connectivity index (χ3v) is 1.94. The predicted molar refractivity (Wildman–Crippen MR) is 55.9 cm³/mol. The van der Waals surface area contributed by atoms with E-state index in [4.69, 9.17) is 10.2 Å². The molecule has 6 heteroatoms. The number of carboxylic acid groups (broad SMARTS) is 1. The third-order valence-electron chi connectivity index (χ3n) is 1.94. The molecule has 16 heavy (non-hydrogen) atoms. The Morgan fingerprint density at radius 3 is 2.94 bits per heavy atom. The topological polar surface area (TPSA) is 82.5 Å². The zero-order chi connectivity index (χ0) is 12.1. The summed E-state index contributed by atoms with van der Waals surface area (Å²) in [5.41, 5.74) is -0.217. The van der Waals surface area contributed by atoms with Crippen LogP contribution < -0.4 is 5.32 Å². The summed E-state index contributed by atoms with van der Waals surface area (Å²) in [5, 5.41) is 20.6. The van der Waals surface area contributed by atoms with Gasteiger partial charge in [0.2, 0.25) is 0 Å². The lowest BCUT2D eigenvalue weighted by Crippen LogP contribution is -2.13. The van der Waals surface area contributed by atoms with Gasteiger partial charge in [0.1, 0.15) is 17.2 Å². The monoisotopic (exact) mass is 228 g/mol. The van der Waals surface area contributed by atoms with Crippen LogP contribution >= 0.6 is 0 Å². The van der Waals surface area contributed by atoms with Crippen molar-refractivity contribution in [3.8, 4) is 0 Å². The Hall–Kier alpha value is -1.69. The second kappa shape index (κ2) is 5.41. The second-order valence-electron chi connectivity index (χ2n) is 3.42. The molecular formula is C10H13FN2O3. The van der Waals surface area contributed by atoms with Crippen LogP contribution in [0.25, 0.3) is 0 Å². The lowest BCUT2D eigenvalue weighted by atomic mass is 10.2. The highest BCUT2D eigenvalue weighted by Gasteiger charge is 2.12. The molecule has 0 spiro atoms. The Balaban J connectivity index is 2.75. The molecule has 1 aromatic rings. The highest BCUT2D eigenvalue weighted by atomic mass is 19.1. The standard InChI is InChI=1S/C10H13FN2O3/c1-6(14)2-3-12-9-8(10(15)16)4-7(11)5-13-9/h4-6,14H,2-3H2,1H3,(H,12,13)(H,15,16). The summed E-state index contributed by atoms with van der Waals surface area (Å²) >= 11 is 0. The van der Waals surface area contributed by atoms with Crippen molar-refractivity contribution in [3.63, 3.8) is 0 Å². The van der Waals surface area contributed by atoms with Crippen LogP contribution in [0, 0.1) is 5.82 Å². The van der Waals surface area contributed by atoms with E-state index in [2.05, 4.69) is 10.3 Å². The molecule has 3 N–H and O–H groups in total. The summed E-state index contributed by atoms with van der Waals surface area (Å²) in [4.78, 5) is 14.4. The number of nitrogens with zero attached hydrogens (tertiary/aromatic N) is 1. The Morgan fingerprint density at radius 2 is 2.38 bits per heavy atom. The van der Waals surface area contributed by atoms with Crippen LogP contribution in [-0.4, -0.2) is 33.8 Å². The summed E-state index contributed by atoms with van der Waals surface area (Å²) in [6.45, 7) is 1.99. The molecule has 0 aliphatic carbocycles. The van der Waals surface area contributed by atoms with Gasteiger partial charge in [-0.1, -0.05) is 0 Å². The van der Waals surface area contributed by atoms with Crippen molar-refractivity contribution >= 4 is 11.8 Å². The normalized spacial score (nSPS) is 12.2. The van der Waals surface area contributed by atoms with Crippen molar-refractivity contribution in [1.82, 2.24) is 4.98 Å². The lowest BCUT2D eigenvalue weighted by molar-refractivity contribution is 0.0697. The van der Waals surface area contributed by atoms with Gasteiger partial charge in [0, 0.05) is 6.54 Å². The van der Waals surface area contributed by atoms with Crippen molar-refractivity contribution in [2.75, 3.05) is 11.9 Å². The Morgan fingerprint density at radius 1 is 1.69 bits per heavy atom. The minimum absolute atomic E-state index is 0.106. The van der Waals surface area contributed by atoms with Crippen molar-refractivity contribution < 1.29 is 19.4 Å². The van der Waals surface area contributed by atoms with Crippen LogP contribution in [0.3, 0.4) is 0 Å². The van der Waals surface area contributed by atoms with Crippen molar-refractivity contribution in [2.24, 2.45) is 0 Å². The fraction of sp³-hybridized carbons (Fsp3) is 0.400. The maximum atomic E-state index is 12.8. The Kier molecular flexibility index (Phi) is 4.19. The number of anilines is 1. The van der Waals surface area contributed by atoms with Gasteiger partial charge in [0.15, 0.2) is 0 Å². The number of pyridine rings is 1. The van der Waals surface area contributed by atoms with Crippen LogP contribution in [0.15, 0.2) is 12.3 Å². The smallest absolute Gasteiger partial charge is 0.339 e.